The van der Waals surface area contributed by atoms with Crippen molar-refractivity contribution in [2.45, 2.75) is 0 Å². The van der Waals surface area contributed by atoms with Gasteiger partial charge >= 0.3 is 0 Å². The first kappa shape index (κ1) is 13.0. The van der Waals surface area contributed by atoms with Crippen LogP contribution in [0, 0.1) is 0 Å². The predicted molar refractivity (Wildman–Crippen MR) is 81.9 cm³/mol. The second kappa shape index (κ2) is 5.46. The normalized spacial score (nSPS) is 18.4. The fraction of sp³-hybridized carbons (Fsp3) is 0.200. The van der Waals surface area contributed by atoms with Crippen molar-refractivity contribution in [3.05, 3.63) is 54.0 Å². The Balaban J connectivity index is 2.14. The third kappa shape index (κ3) is 3.06. The molecular formula is C15H18NOS+. The fourth-order valence-corrected chi connectivity index (χ4v) is 3.23. The molecule has 18 heavy (non-hydrogen) atoms. The zero-order chi connectivity index (χ0) is 13.0. The second-order valence-electron chi connectivity index (χ2n) is 4.77. The van der Waals surface area contributed by atoms with E-state index in [2.05, 4.69) is 26.2 Å². The van der Waals surface area contributed by atoms with Crippen molar-refractivity contribution >= 4 is 26.7 Å². The molecule has 0 radical (unpaired) electrons. The van der Waals surface area contributed by atoms with Crippen LogP contribution in [0.5, 0.6) is 0 Å². The zero-order valence-corrected chi connectivity index (χ0v) is 11.6. The molecule has 1 aliphatic rings. The van der Waals surface area contributed by atoms with Crippen LogP contribution in [0.4, 0.5) is 5.69 Å². The molecule has 1 aliphatic heterocycles. The van der Waals surface area contributed by atoms with Crippen LogP contribution >= 0.6 is 10.5 Å². The van der Waals surface area contributed by atoms with E-state index in [1.807, 2.05) is 47.2 Å². The van der Waals surface area contributed by atoms with Crippen LogP contribution < -0.4 is 4.48 Å². The lowest BCUT2D eigenvalue weighted by atomic mass is 10.2. The molecule has 1 aromatic carbocycles. The molecule has 1 heterocycles. The van der Waals surface area contributed by atoms with Crippen molar-refractivity contribution < 1.29 is 4.79 Å². The van der Waals surface area contributed by atoms with Gasteiger partial charge in [-0.1, -0.05) is 46.9 Å². The summed E-state index contributed by atoms with van der Waals surface area (Å²) in [4.78, 5) is 12.3. The summed E-state index contributed by atoms with van der Waals surface area (Å²) < 4.78 is 0.592. The van der Waals surface area contributed by atoms with E-state index < -0.39 is 0 Å². The van der Waals surface area contributed by atoms with E-state index in [0.717, 1.165) is 5.69 Å². The molecule has 94 valence electrons. The van der Waals surface area contributed by atoms with Gasteiger partial charge in [0.25, 0.3) is 0 Å². The summed E-state index contributed by atoms with van der Waals surface area (Å²) in [7, 11) is 3.78. The van der Waals surface area contributed by atoms with E-state index in [0.29, 0.717) is 11.0 Å². The van der Waals surface area contributed by atoms with Crippen molar-refractivity contribution in [1.29, 1.82) is 0 Å². The Morgan fingerprint density at radius 3 is 2.44 bits per heavy atom. The van der Waals surface area contributed by atoms with E-state index in [9.17, 15) is 4.79 Å². The molecule has 0 fully saturated rings. The van der Waals surface area contributed by atoms with Gasteiger partial charge in [0.15, 0.2) is 6.54 Å². The van der Waals surface area contributed by atoms with E-state index >= 15 is 0 Å². The molecule has 0 aromatic heterocycles. The number of nitrogens with zero attached hydrogens (tertiary/aromatic N) is 1. The van der Waals surface area contributed by atoms with Crippen molar-refractivity contribution in [1.82, 2.24) is 4.48 Å². The summed E-state index contributed by atoms with van der Waals surface area (Å²) in [5, 5.41) is 4.24. The molecule has 0 spiro atoms. The Bertz CT molecular complexity index is 527. The largest absolute Gasteiger partial charge is 0.289 e. The quantitative estimate of drug-likeness (QED) is 0.603. The average Bonchev–Trinajstić information content (AvgIpc) is 2.40. The van der Waals surface area contributed by atoms with Gasteiger partial charge in [-0.25, -0.2) is 0 Å². The summed E-state index contributed by atoms with van der Waals surface area (Å²) in [6, 6.07) is 10.2. The Kier molecular flexibility index (Phi) is 3.94. The number of likely N-dealkylation sites (N-methyl/N-ethyl adjacent to an activating group) is 1. The van der Waals surface area contributed by atoms with Crippen LogP contribution in [-0.2, 0) is 4.79 Å². The smallest absolute Gasteiger partial charge is 0.242 e. The number of carbonyl (C=O) groups excluding carboxylic acids is 1. The Morgan fingerprint density at radius 1 is 1.11 bits per heavy atom. The molecule has 3 heteroatoms. The Morgan fingerprint density at radius 2 is 1.83 bits per heavy atom. The molecule has 2 nitrogen and oxygen atoms in total. The number of hydrogen-bond donors (Lipinski definition) is 0. The molecule has 1 aromatic rings. The van der Waals surface area contributed by atoms with Gasteiger partial charge in [-0.3, -0.25) is 9.28 Å². The molecular weight excluding hydrogens is 242 g/mol. The van der Waals surface area contributed by atoms with Crippen molar-refractivity contribution in [2.75, 3.05) is 20.6 Å². The first-order chi connectivity index (χ1) is 8.59. The number of rotatable bonds is 3. The lowest BCUT2D eigenvalue weighted by Crippen LogP contribution is -2.44. The van der Waals surface area contributed by atoms with Crippen molar-refractivity contribution in [2.24, 2.45) is 0 Å². The molecule has 1 atom stereocenters. The Labute approximate surface area is 111 Å². The zero-order valence-electron chi connectivity index (χ0n) is 10.7. The van der Waals surface area contributed by atoms with E-state index in [1.54, 1.807) is 0 Å². The SMILES string of the molecule is C[N+](C)(CC(=O)S1=CC=CC=C1)c1ccccc1. The second-order valence-corrected chi connectivity index (χ2v) is 6.52. The lowest BCUT2D eigenvalue weighted by molar-refractivity contribution is -0.111. The number of para-hydroxylation sites is 1. The lowest BCUT2D eigenvalue weighted by Gasteiger charge is -2.28. The number of benzene rings is 1. The van der Waals surface area contributed by atoms with Crippen molar-refractivity contribution in [3.8, 4) is 0 Å². The average molecular weight is 260 g/mol. The van der Waals surface area contributed by atoms with E-state index in [1.165, 1.54) is 0 Å². The van der Waals surface area contributed by atoms with Gasteiger partial charge < -0.3 is 0 Å². The predicted octanol–water partition coefficient (Wildman–Crippen LogP) is 2.93. The van der Waals surface area contributed by atoms with Crippen LogP contribution in [0.1, 0.15) is 0 Å². The topological polar surface area (TPSA) is 17.1 Å². The molecule has 0 N–H and O–H groups in total. The minimum atomic E-state index is -0.357. The van der Waals surface area contributed by atoms with Gasteiger partial charge in [-0.05, 0) is 22.9 Å². The molecule has 0 aliphatic carbocycles. The molecule has 1 unspecified atom stereocenters. The van der Waals surface area contributed by atoms with Gasteiger partial charge in [0.05, 0.1) is 14.1 Å². The standard InChI is InChI=1S/C15H18NOS/c1-16(2,14-9-5-3-6-10-14)13-15(17)18-11-7-4-8-12-18/h3-12H,13H2,1-2H3/q+1. The fourth-order valence-electron chi connectivity index (χ4n) is 1.84. The van der Waals surface area contributed by atoms with Gasteiger partial charge in [0, 0.05) is 0 Å². The monoisotopic (exact) mass is 260 g/mol. The highest BCUT2D eigenvalue weighted by Gasteiger charge is 2.23. The van der Waals surface area contributed by atoms with Gasteiger partial charge in [0.2, 0.25) is 5.12 Å². The van der Waals surface area contributed by atoms with Crippen LogP contribution in [-0.4, -0.2) is 31.1 Å². The van der Waals surface area contributed by atoms with Crippen LogP contribution in [0.2, 0.25) is 0 Å². The van der Waals surface area contributed by atoms with Crippen LogP contribution in [0.15, 0.2) is 54.0 Å². The third-order valence-electron chi connectivity index (χ3n) is 2.92. The molecule has 0 amide bonds. The first-order valence-electron chi connectivity index (χ1n) is 5.91. The maximum absolute atomic E-state index is 12.3. The maximum atomic E-state index is 12.3. The van der Waals surface area contributed by atoms with Gasteiger partial charge in [-0.15, -0.1) is 0 Å². The van der Waals surface area contributed by atoms with Crippen LogP contribution in [0.25, 0.3) is 0 Å². The van der Waals surface area contributed by atoms with Crippen molar-refractivity contribution in [3.63, 3.8) is 0 Å². The summed E-state index contributed by atoms with van der Waals surface area (Å²) in [5.41, 5.74) is 1.16. The summed E-state index contributed by atoms with van der Waals surface area (Å²) in [6.45, 7) is 0.516. The minimum Gasteiger partial charge on any atom is -0.289 e. The first-order valence-corrected chi connectivity index (χ1v) is 7.26. The van der Waals surface area contributed by atoms with Gasteiger partial charge in [0.1, 0.15) is 5.69 Å². The molecule has 0 saturated heterocycles. The number of carbonyl (C=O) groups is 1. The highest BCUT2D eigenvalue weighted by Crippen LogP contribution is 2.23. The number of hydrogen-bond acceptors (Lipinski definition) is 1. The molecule has 0 saturated carbocycles. The van der Waals surface area contributed by atoms with E-state index in [-0.39, 0.29) is 15.6 Å². The third-order valence-corrected chi connectivity index (χ3v) is 4.47. The number of quaternary nitrogens is 1. The Hall–Kier alpha value is -1.45. The number of allylic oxidation sites excluding steroid dienone is 3. The summed E-state index contributed by atoms with van der Waals surface area (Å²) >= 11 is 0. The highest BCUT2D eigenvalue weighted by atomic mass is 32.2. The van der Waals surface area contributed by atoms with E-state index in [4.69, 9.17) is 0 Å². The van der Waals surface area contributed by atoms with Crippen LogP contribution in [0.3, 0.4) is 0 Å². The highest BCUT2D eigenvalue weighted by molar-refractivity contribution is 8.30. The minimum absolute atomic E-state index is 0.282. The molecule has 0 bridgehead atoms. The summed E-state index contributed by atoms with van der Waals surface area (Å²) in [5.74, 6) is 0. The maximum Gasteiger partial charge on any atom is 0.242 e. The molecule has 2 rings (SSSR count). The van der Waals surface area contributed by atoms with Gasteiger partial charge in [-0.2, -0.15) is 0 Å². The summed E-state index contributed by atoms with van der Waals surface area (Å²) in [6.07, 6.45) is 5.85.